The number of hydrogen-bond donors (Lipinski definition) is 2. The molecule has 0 aliphatic carbocycles. The zero-order valence-corrected chi connectivity index (χ0v) is 15.3. The monoisotopic (exact) mass is 390 g/mol. The van der Waals surface area contributed by atoms with Crippen LogP contribution in [-0.4, -0.2) is 19.1 Å². The number of carbonyl (C=O) groups is 2. The number of nitrogens with one attached hydrogen (secondary N) is 2. The molecule has 0 saturated carbocycles. The Balaban J connectivity index is 2.10. The molecule has 1 atom stereocenters. The van der Waals surface area contributed by atoms with Gasteiger partial charge in [-0.25, -0.2) is 9.59 Å². The summed E-state index contributed by atoms with van der Waals surface area (Å²) >= 11 is 3.48. The highest BCUT2D eigenvalue weighted by atomic mass is 79.9. The highest BCUT2D eigenvalue weighted by Crippen LogP contribution is 2.23. The maximum Gasteiger partial charge on any atom is 0.338 e. The third-order valence-corrected chi connectivity index (χ3v) is 4.43. The zero-order valence-electron chi connectivity index (χ0n) is 13.7. The maximum atomic E-state index is 12.3. The van der Waals surface area contributed by atoms with Gasteiger partial charge < -0.3 is 15.4 Å². The summed E-state index contributed by atoms with van der Waals surface area (Å²) in [4.78, 5) is 24.0. The average Bonchev–Trinajstić information content (AvgIpc) is 2.56. The zero-order chi connectivity index (χ0) is 17.7. The van der Waals surface area contributed by atoms with Crippen molar-refractivity contribution in [1.29, 1.82) is 0 Å². The summed E-state index contributed by atoms with van der Waals surface area (Å²) in [5.41, 5.74) is 2.63. The number of esters is 1. The van der Waals surface area contributed by atoms with Gasteiger partial charge in [0.2, 0.25) is 0 Å². The minimum atomic E-state index is -0.432. The largest absolute Gasteiger partial charge is 0.465 e. The first-order valence-electron chi connectivity index (χ1n) is 7.44. The van der Waals surface area contributed by atoms with Crippen molar-refractivity contribution < 1.29 is 14.3 Å². The Morgan fingerprint density at radius 3 is 2.50 bits per heavy atom. The van der Waals surface area contributed by atoms with Gasteiger partial charge in [0, 0.05) is 10.2 Å². The number of benzene rings is 2. The molecule has 0 spiro atoms. The van der Waals surface area contributed by atoms with Gasteiger partial charge in [-0.05, 0) is 43.2 Å². The molecule has 2 aromatic rings. The number of rotatable bonds is 4. The van der Waals surface area contributed by atoms with Gasteiger partial charge in [-0.15, -0.1) is 0 Å². The molecule has 0 radical (unpaired) electrons. The molecular weight excluding hydrogens is 372 g/mol. The molecule has 0 heterocycles. The summed E-state index contributed by atoms with van der Waals surface area (Å²) in [7, 11) is 1.33. The van der Waals surface area contributed by atoms with Crippen LogP contribution in [0, 0.1) is 6.92 Å². The van der Waals surface area contributed by atoms with E-state index in [9.17, 15) is 9.59 Å². The van der Waals surface area contributed by atoms with Crippen molar-refractivity contribution in [3.63, 3.8) is 0 Å². The number of hydrogen-bond acceptors (Lipinski definition) is 3. The average molecular weight is 391 g/mol. The molecule has 2 amide bonds. The third-order valence-electron chi connectivity index (χ3n) is 3.71. The first-order valence-corrected chi connectivity index (χ1v) is 8.23. The van der Waals surface area contributed by atoms with Gasteiger partial charge in [-0.1, -0.05) is 40.2 Å². The van der Waals surface area contributed by atoms with Crippen molar-refractivity contribution >= 4 is 33.6 Å². The van der Waals surface area contributed by atoms with E-state index >= 15 is 0 Å². The molecule has 2 aromatic carbocycles. The molecule has 2 rings (SSSR count). The molecule has 0 fully saturated rings. The van der Waals surface area contributed by atoms with Gasteiger partial charge in [-0.2, -0.15) is 0 Å². The lowest BCUT2D eigenvalue weighted by Crippen LogP contribution is -2.31. The normalized spacial score (nSPS) is 11.5. The summed E-state index contributed by atoms with van der Waals surface area (Å²) in [6.45, 7) is 3.66. The SMILES string of the molecule is COC(=O)c1cccc(NC(=O)NC(C)c2ccccc2Br)c1C. The van der Waals surface area contributed by atoms with Crippen LogP contribution in [0.4, 0.5) is 10.5 Å². The Hall–Kier alpha value is -2.34. The van der Waals surface area contributed by atoms with E-state index in [2.05, 4.69) is 26.6 Å². The van der Waals surface area contributed by atoms with Crippen LogP contribution in [0.1, 0.15) is 34.5 Å². The van der Waals surface area contributed by atoms with Crippen molar-refractivity contribution in [1.82, 2.24) is 5.32 Å². The molecule has 0 aliphatic rings. The fourth-order valence-electron chi connectivity index (χ4n) is 2.36. The molecule has 0 saturated heterocycles. The van der Waals surface area contributed by atoms with E-state index in [1.807, 2.05) is 31.2 Å². The Labute approximate surface area is 149 Å². The predicted molar refractivity (Wildman–Crippen MR) is 97.2 cm³/mol. The second-order valence-electron chi connectivity index (χ2n) is 5.31. The smallest absolute Gasteiger partial charge is 0.338 e. The van der Waals surface area contributed by atoms with E-state index < -0.39 is 5.97 Å². The van der Waals surface area contributed by atoms with Crippen molar-refractivity contribution in [3.05, 3.63) is 63.6 Å². The number of carbonyl (C=O) groups excluding carboxylic acids is 2. The standard InChI is InChI=1S/C18H19BrN2O3/c1-11-13(17(22)24-3)8-6-10-16(11)21-18(23)20-12(2)14-7-4-5-9-15(14)19/h4-10,12H,1-3H3,(H2,20,21,23). The van der Waals surface area contributed by atoms with Crippen LogP contribution in [-0.2, 0) is 4.74 Å². The Kier molecular flexibility index (Phi) is 5.98. The van der Waals surface area contributed by atoms with E-state index in [0.29, 0.717) is 16.8 Å². The van der Waals surface area contributed by atoms with Crippen LogP contribution >= 0.6 is 15.9 Å². The summed E-state index contributed by atoms with van der Waals surface area (Å²) < 4.78 is 5.67. The first-order chi connectivity index (χ1) is 11.4. The predicted octanol–water partition coefficient (Wildman–Crippen LogP) is 4.43. The van der Waals surface area contributed by atoms with Gasteiger partial charge in [0.25, 0.3) is 0 Å². The summed E-state index contributed by atoms with van der Waals surface area (Å²) in [6.07, 6.45) is 0. The second-order valence-corrected chi connectivity index (χ2v) is 6.17. The number of amides is 2. The van der Waals surface area contributed by atoms with E-state index in [0.717, 1.165) is 10.0 Å². The number of ether oxygens (including phenoxy) is 1. The van der Waals surface area contributed by atoms with Crippen LogP contribution in [0.3, 0.4) is 0 Å². The minimum Gasteiger partial charge on any atom is -0.465 e. The van der Waals surface area contributed by atoms with Crippen molar-refractivity contribution in [2.45, 2.75) is 19.9 Å². The fraction of sp³-hybridized carbons (Fsp3) is 0.222. The molecule has 0 aliphatic heterocycles. The van der Waals surface area contributed by atoms with Crippen LogP contribution < -0.4 is 10.6 Å². The van der Waals surface area contributed by atoms with Crippen LogP contribution in [0.2, 0.25) is 0 Å². The van der Waals surface area contributed by atoms with E-state index in [-0.39, 0.29) is 12.1 Å². The molecule has 5 nitrogen and oxygen atoms in total. The lowest BCUT2D eigenvalue weighted by Gasteiger charge is -2.17. The number of methoxy groups -OCH3 is 1. The van der Waals surface area contributed by atoms with E-state index in [4.69, 9.17) is 4.74 Å². The molecule has 24 heavy (non-hydrogen) atoms. The van der Waals surface area contributed by atoms with Gasteiger partial charge >= 0.3 is 12.0 Å². The molecule has 0 aromatic heterocycles. The third kappa shape index (κ3) is 4.14. The number of urea groups is 1. The maximum absolute atomic E-state index is 12.3. The highest BCUT2D eigenvalue weighted by molar-refractivity contribution is 9.10. The Morgan fingerprint density at radius 2 is 1.83 bits per heavy atom. The van der Waals surface area contributed by atoms with Gasteiger partial charge in [-0.3, -0.25) is 0 Å². The van der Waals surface area contributed by atoms with Crippen molar-refractivity contribution in [2.24, 2.45) is 0 Å². The summed E-state index contributed by atoms with van der Waals surface area (Å²) in [5.74, 6) is -0.432. The van der Waals surface area contributed by atoms with Crippen LogP contribution in [0.15, 0.2) is 46.9 Å². The van der Waals surface area contributed by atoms with Gasteiger partial charge in [0.15, 0.2) is 0 Å². The lowest BCUT2D eigenvalue weighted by atomic mass is 10.1. The number of anilines is 1. The Morgan fingerprint density at radius 1 is 1.12 bits per heavy atom. The number of halogens is 1. The highest BCUT2D eigenvalue weighted by Gasteiger charge is 2.15. The molecule has 0 bridgehead atoms. The van der Waals surface area contributed by atoms with Crippen molar-refractivity contribution in [2.75, 3.05) is 12.4 Å². The summed E-state index contributed by atoms with van der Waals surface area (Å²) in [6, 6.07) is 12.3. The van der Waals surface area contributed by atoms with Gasteiger partial charge in [0.05, 0.1) is 18.7 Å². The molecule has 126 valence electrons. The topological polar surface area (TPSA) is 67.4 Å². The summed E-state index contributed by atoms with van der Waals surface area (Å²) in [5, 5.41) is 5.66. The molecule has 1 unspecified atom stereocenters. The molecule has 6 heteroatoms. The fourth-order valence-corrected chi connectivity index (χ4v) is 2.99. The van der Waals surface area contributed by atoms with E-state index in [1.54, 1.807) is 25.1 Å². The Bertz CT molecular complexity index is 762. The van der Waals surface area contributed by atoms with E-state index in [1.165, 1.54) is 7.11 Å². The minimum absolute atomic E-state index is 0.176. The molecule has 2 N–H and O–H groups in total. The van der Waals surface area contributed by atoms with Crippen molar-refractivity contribution in [3.8, 4) is 0 Å². The lowest BCUT2D eigenvalue weighted by molar-refractivity contribution is 0.0600. The van der Waals surface area contributed by atoms with Crippen LogP contribution in [0.5, 0.6) is 0 Å². The molecular formula is C18H19BrN2O3. The second kappa shape index (κ2) is 7.97. The quantitative estimate of drug-likeness (QED) is 0.758. The van der Waals surface area contributed by atoms with Gasteiger partial charge in [0.1, 0.15) is 0 Å². The first kappa shape index (κ1) is 18.0. The van der Waals surface area contributed by atoms with Crippen LogP contribution in [0.25, 0.3) is 0 Å².